The van der Waals surface area contributed by atoms with Crippen LogP contribution in [0.4, 0.5) is 8.78 Å². The highest BCUT2D eigenvalue weighted by atomic mass is 32.1. The number of hydrogen-bond acceptors (Lipinski definition) is 3. The van der Waals surface area contributed by atoms with Gasteiger partial charge in [0.25, 0.3) is 0 Å². The van der Waals surface area contributed by atoms with Crippen molar-refractivity contribution >= 4 is 39.8 Å². The van der Waals surface area contributed by atoms with Crippen LogP contribution in [0.3, 0.4) is 0 Å². The molecule has 0 saturated carbocycles. The quantitative estimate of drug-likeness (QED) is 0.392. The number of H-pyrrole nitrogens is 1. The molecule has 0 fully saturated rings. The first-order chi connectivity index (χ1) is 12.6. The van der Waals surface area contributed by atoms with Gasteiger partial charge in [-0.25, -0.2) is 13.8 Å². The van der Waals surface area contributed by atoms with Gasteiger partial charge in [-0.05, 0) is 41.8 Å². The summed E-state index contributed by atoms with van der Waals surface area (Å²) in [5, 5.41) is 1.77. The first-order valence-electron chi connectivity index (χ1n) is 7.82. The Kier molecular flexibility index (Phi) is 4.18. The van der Waals surface area contributed by atoms with Crippen LogP contribution in [-0.4, -0.2) is 15.8 Å². The lowest BCUT2D eigenvalue weighted by molar-refractivity contribution is 0.106. The van der Waals surface area contributed by atoms with Crippen molar-refractivity contribution in [1.82, 2.24) is 9.97 Å². The summed E-state index contributed by atoms with van der Waals surface area (Å²) in [7, 11) is 0. The average Bonchev–Trinajstić information content (AvgIpc) is 3.30. The molecule has 3 nitrogen and oxygen atoms in total. The van der Waals surface area contributed by atoms with E-state index in [1.807, 2.05) is 18.2 Å². The van der Waals surface area contributed by atoms with E-state index < -0.39 is 11.6 Å². The SMILES string of the molecule is O=C(/C(=C/c1c(F)cccc1F)c1nc2ccccc2[nH]1)c1cccs1. The average molecular weight is 366 g/mol. The van der Waals surface area contributed by atoms with Gasteiger partial charge in [0.2, 0.25) is 5.78 Å². The highest BCUT2D eigenvalue weighted by Gasteiger charge is 2.20. The van der Waals surface area contributed by atoms with Gasteiger partial charge in [0.1, 0.15) is 17.5 Å². The number of nitrogens with zero attached hydrogens (tertiary/aromatic N) is 1. The first-order valence-corrected chi connectivity index (χ1v) is 8.70. The Bertz CT molecular complexity index is 1080. The van der Waals surface area contributed by atoms with Gasteiger partial charge in [-0.2, -0.15) is 0 Å². The number of carbonyl (C=O) groups excluding carboxylic acids is 1. The molecule has 128 valence electrons. The molecule has 0 saturated heterocycles. The molecular formula is C20H12F2N2OS. The summed E-state index contributed by atoms with van der Waals surface area (Å²) in [6.45, 7) is 0. The number of benzene rings is 2. The summed E-state index contributed by atoms with van der Waals surface area (Å²) in [6.07, 6.45) is 1.21. The maximum Gasteiger partial charge on any atom is 0.206 e. The van der Waals surface area contributed by atoms with Gasteiger partial charge in [-0.1, -0.05) is 24.3 Å². The third-order valence-corrected chi connectivity index (χ3v) is 4.79. The van der Waals surface area contributed by atoms with Gasteiger partial charge in [0, 0.05) is 5.56 Å². The maximum absolute atomic E-state index is 14.1. The van der Waals surface area contributed by atoms with E-state index in [9.17, 15) is 13.6 Å². The standard InChI is InChI=1S/C20H12F2N2OS/c21-14-5-3-6-15(22)12(14)11-13(19(25)18-9-4-10-26-18)20-23-16-7-1-2-8-17(16)24-20/h1-11H,(H,23,24)/b13-11-. The second-order valence-corrected chi connectivity index (χ2v) is 6.55. The van der Waals surface area contributed by atoms with E-state index in [0.717, 1.165) is 17.6 Å². The van der Waals surface area contributed by atoms with Gasteiger partial charge in [0.15, 0.2) is 0 Å². The van der Waals surface area contributed by atoms with E-state index in [4.69, 9.17) is 0 Å². The number of Topliss-reactive ketones (excluding diaryl/α,β-unsaturated/α-hetero) is 1. The monoisotopic (exact) mass is 366 g/mol. The molecule has 1 N–H and O–H groups in total. The lowest BCUT2D eigenvalue weighted by Crippen LogP contribution is -2.03. The number of aromatic nitrogens is 2. The predicted molar refractivity (Wildman–Crippen MR) is 99.0 cm³/mol. The molecule has 0 radical (unpaired) electrons. The minimum atomic E-state index is -0.738. The van der Waals surface area contributed by atoms with Crippen molar-refractivity contribution in [3.05, 3.63) is 87.9 Å². The number of para-hydroxylation sites is 2. The zero-order valence-electron chi connectivity index (χ0n) is 13.4. The predicted octanol–water partition coefficient (Wildman–Crippen LogP) is 5.33. The Morgan fingerprint density at radius 1 is 1.00 bits per heavy atom. The van der Waals surface area contributed by atoms with Crippen LogP contribution in [-0.2, 0) is 0 Å². The van der Waals surface area contributed by atoms with E-state index in [1.54, 1.807) is 23.6 Å². The zero-order chi connectivity index (χ0) is 18.1. The summed E-state index contributed by atoms with van der Waals surface area (Å²) in [6, 6.07) is 14.3. The summed E-state index contributed by atoms with van der Waals surface area (Å²) in [5.41, 5.74) is 1.24. The molecule has 6 heteroatoms. The molecule has 0 bridgehead atoms. The van der Waals surface area contributed by atoms with Gasteiger partial charge < -0.3 is 4.98 Å². The van der Waals surface area contributed by atoms with Crippen molar-refractivity contribution < 1.29 is 13.6 Å². The molecule has 26 heavy (non-hydrogen) atoms. The van der Waals surface area contributed by atoms with Crippen LogP contribution >= 0.6 is 11.3 Å². The topological polar surface area (TPSA) is 45.8 Å². The van der Waals surface area contributed by atoms with Crippen LogP contribution in [0.5, 0.6) is 0 Å². The number of ketones is 1. The molecule has 0 amide bonds. The molecule has 0 aliphatic carbocycles. The minimum absolute atomic E-state index is 0.104. The maximum atomic E-state index is 14.1. The summed E-state index contributed by atoms with van der Waals surface area (Å²) in [4.78, 5) is 20.9. The highest BCUT2D eigenvalue weighted by Crippen LogP contribution is 2.27. The highest BCUT2D eigenvalue weighted by molar-refractivity contribution is 7.12. The summed E-state index contributed by atoms with van der Waals surface area (Å²) >= 11 is 1.26. The lowest BCUT2D eigenvalue weighted by Gasteiger charge is -2.05. The van der Waals surface area contributed by atoms with E-state index in [0.29, 0.717) is 10.4 Å². The third kappa shape index (κ3) is 2.95. The van der Waals surface area contributed by atoms with Crippen LogP contribution in [0.1, 0.15) is 21.1 Å². The Morgan fingerprint density at radius 2 is 1.77 bits per heavy atom. The Hall–Kier alpha value is -3.12. The lowest BCUT2D eigenvalue weighted by atomic mass is 10.0. The van der Waals surface area contributed by atoms with E-state index in [2.05, 4.69) is 9.97 Å². The molecule has 0 aliphatic heterocycles. The Labute approximate surface area is 151 Å². The fourth-order valence-corrected chi connectivity index (χ4v) is 3.33. The van der Waals surface area contributed by atoms with Crippen molar-refractivity contribution in [3.63, 3.8) is 0 Å². The number of fused-ring (bicyclic) bond motifs is 1. The molecule has 2 aromatic heterocycles. The minimum Gasteiger partial charge on any atom is -0.338 e. The van der Waals surface area contributed by atoms with Gasteiger partial charge >= 0.3 is 0 Å². The summed E-state index contributed by atoms with van der Waals surface area (Å²) in [5.74, 6) is -1.55. The van der Waals surface area contributed by atoms with Crippen LogP contribution < -0.4 is 0 Å². The molecule has 2 aromatic carbocycles. The van der Waals surface area contributed by atoms with E-state index in [1.165, 1.54) is 23.5 Å². The molecule has 2 heterocycles. The molecule has 0 spiro atoms. The largest absolute Gasteiger partial charge is 0.338 e. The zero-order valence-corrected chi connectivity index (χ0v) is 14.2. The fraction of sp³-hybridized carbons (Fsp3) is 0. The van der Waals surface area contributed by atoms with Crippen molar-refractivity contribution in [2.75, 3.05) is 0 Å². The smallest absolute Gasteiger partial charge is 0.206 e. The number of nitrogens with one attached hydrogen (secondary N) is 1. The van der Waals surface area contributed by atoms with Gasteiger partial charge in [0.05, 0.1) is 21.5 Å². The van der Waals surface area contributed by atoms with E-state index >= 15 is 0 Å². The number of aromatic amines is 1. The van der Waals surface area contributed by atoms with Crippen molar-refractivity contribution in [1.29, 1.82) is 0 Å². The van der Waals surface area contributed by atoms with Crippen LogP contribution in [0.2, 0.25) is 0 Å². The summed E-state index contributed by atoms with van der Waals surface area (Å²) < 4.78 is 28.2. The molecule has 0 aliphatic rings. The fourth-order valence-electron chi connectivity index (χ4n) is 2.66. The van der Waals surface area contributed by atoms with Crippen molar-refractivity contribution in [2.45, 2.75) is 0 Å². The number of halogens is 2. The molecule has 4 aromatic rings. The Balaban J connectivity index is 1.92. The number of carbonyl (C=O) groups is 1. The number of thiophene rings is 1. The van der Waals surface area contributed by atoms with Gasteiger partial charge in [-0.3, -0.25) is 4.79 Å². The number of hydrogen-bond donors (Lipinski definition) is 1. The van der Waals surface area contributed by atoms with Crippen LogP contribution in [0.15, 0.2) is 60.0 Å². The number of rotatable bonds is 4. The molecule has 0 unspecified atom stereocenters. The number of imidazole rings is 1. The van der Waals surface area contributed by atoms with Gasteiger partial charge in [-0.15, -0.1) is 11.3 Å². The van der Waals surface area contributed by atoms with Crippen LogP contribution in [0, 0.1) is 11.6 Å². The van der Waals surface area contributed by atoms with Crippen molar-refractivity contribution in [2.24, 2.45) is 0 Å². The normalized spacial score (nSPS) is 11.8. The third-order valence-electron chi connectivity index (χ3n) is 3.92. The van der Waals surface area contributed by atoms with E-state index in [-0.39, 0.29) is 22.7 Å². The second-order valence-electron chi connectivity index (χ2n) is 5.60. The van der Waals surface area contributed by atoms with Crippen molar-refractivity contribution in [3.8, 4) is 0 Å². The number of allylic oxidation sites excluding steroid dienone is 1. The Morgan fingerprint density at radius 3 is 2.46 bits per heavy atom. The second kappa shape index (κ2) is 6.65. The van der Waals surface area contributed by atoms with Crippen LogP contribution in [0.25, 0.3) is 22.7 Å². The molecule has 4 rings (SSSR count). The molecule has 0 atom stereocenters. The molecular weight excluding hydrogens is 354 g/mol. The first kappa shape index (κ1) is 16.4.